The van der Waals surface area contributed by atoms with E-state index in [1.807, 2.05) is 24.3 Å². The summed E-state index contributed by atoms with van der Waals surface area (Å²) in [6, 6.07) is 17.0. The number of carbonyl (C=O) groups is 2. The van der Waals surface area contributed by atoms with Gasteiger partial charge in [0.15, 0.2) is 10.6 Å². The number of sulfone groups is 1. The van der Waals surface area contributed by atoms with Gasteiger partial charge in [0, 0.05) is 17.9 Å². The van der Waals surface area contributed by atoms with Crippen molar-refractivity contribution < 1.29 is 27.5 Å². The van der Waals surface area contributed by atoms with E-state index in [0.29, 0.717) is 29.0 Å². The Bertz CT molecular complexity index is 1350. The van der Waals surface area contributed by atoms with Crippen molar-refractivity contribution in [1.29, 1.82) is 0 Å². The predicted molar refractivity (Wildman–Crippen MR) is 135 cm³/mol. The van der Waals surface area contributed by atoms with Crippen LogP contribution in [0.15, 0.2) is 70.5 Å². The van der Waals surface area contributed by atoms with E-state index in [9.17, 15) is 18.0 Å². The lowest BCUT2D eigenvalue weighted by Crippen LogP contribution is -2.42. The Balaban J connectivity index is 1.69. The number of esters is 1. The summed E-state index contributed by atoms with van der Waals surface area (Å²) in [5, 5.41) is 4.69. The third-order valence-corrected chi connectivity index (χ3v) is 8.69. The van der Waals surface area contributed by atoms with Crippen LogP contribution in [0.3, 0.4) is 0 Å². The maximum Gasteiger partial charge on any atom is 0.337 e. The minimum atomic E-state index is -3.94. The largest absolute Gasteiger partial charge is 0.465 e. The fourth-order valence-corrected chi connectivity index (χ4v) is 6.86. The van der Waals surface area contributed by atoms with Gasteiger partial charge >= 0.3 is 5.97 Å². The van der Waals surface area contributed by atoms with Crippen molar-refractivity contribution >= 4 is 43.5 Å². The van der Waals surface area contributed by atoms with Crippen LogP contribution < -0.4 is 5.32 Å². The maximum atomic E-state index is 13.9. The van der Waals surface area contributed by atoms with Crippen LogP contribution in [-0.4, -0.2) is 44.6 Å². The van der Waals surface area contributed by atoms with E-state index in [0.717, 1.165) is 29.0 Å². The molecule has 1 N–H and O–H groups in total. The molecule has 2 unspecified atom stereocenters. The normalized spacial score (nSPS) is 16.8. The molecule has 1 aliphatic heterocycles. The predicted octanol–water partition coefficient (Wildman–Crippen LogP) is 4.33. The molecule has 7 nitrogen and oxygen atoms in total. The minimum Gasteiger partial charge on any atom is -0.465 e. The fraction of sp³-hybridized carbons (Fsp3) is 0.308. The Morgan fingerprint density at radius 1 is 1.11 bits per heavy atom. The summed E-state index contributed by atoms with van der Waals surface area (Å²) in [4.78, 5) is 24.4. The van der Waals surface area contributed by atoms with E-state index in [2.05, 4.69) is 5.32 Å². The lowest BCUT2D eigenvalue weighted by molar-refractivity contribution is -0.109. The molecule has 0 saturated carbocycles. The first-order valence-corrected chi connectivity index (χ1v) is 13.6. The van der Waals surface area contributed by atoms with Gasteiger partial charge in [-0.3, -0.25) is 4.79 Å². The number of rotatable bonds is 8. The highest BCUT2D eigenvalue weighted by atomic mass is 32.2. The number of thioether (sulfide) groups is 1. The van der Waals surface area contributed by atoms with Gasteiger partial charge in [0.2, 0.25) is 9.84 Å². The molecule has 0 amide bonds. The van der Waals surface area contributed by atoms with Crippen molar-refractivity contribution in [3.8, 4) is 0 Å². The molecule has 0 aliphatic carbocycles. The highest BCUT2D eigenvalue weighted by Gasteiger charge is 2.37. The smallest absolute Gasteiger partial charge is 0.337 e. The van der Waals surface area contributed by atoms with Gasteiger partial charge < -0.3 is 14.8 Å². The number of fused-ring (bicyclic) bond motifs is 1. The molecule has 0 radical (unpaired) electrons. The van der Waals surface area contributed by atoms with Gasteiger partial charge in [-0.1, -0.05) is 48.2 Å². The molecular weight excluding hydrogens is 486 g/mol. The second-order valence-corrected chi connectivity index (χ2v) is 11.6. The summed E-state index contributed by atoms with van der Waals surface area (Å²) in [6.45, 7) is 2.17. The number of nitrogens with one attached hydrogen (secondary N) is 1. The number of hydrogen-bond acceptors (Lipinski definition) is 8. The first-order chi connectivity index (χ1) is 16.8. The molecule has 0 bridgehead atoms. The van der Waals surface area contributed by atoms with E-state index in [1.54, 1.807) is 36.4 Å². The molecule has 0 aromatic heterocycles. The second kappa shape index (κ2) is 10.9. The Kier molecular flexibility index (Phi) is 7.91. The van der Waals surface area contributed by atoms with E-state index in [4.69, 9.17) is 9.47 Å². The van der Waals surface area contributed by atoms with Crippen LogP contribution in [0.4, 0.5) is 0 Å². The Labute approximate surface area is 209 Å². The standard InChI is InChI=1S/C26H27NO6S2/c1-17(28)34-24-15-21(14-19-8-3-4-10-22(19)24)35(30,31)26(23-11-6-12-27-23)33-16-18-7-5-9-20(13-18)25(29)32-2/h3-5,7-10,13-15,23,26-27H,6,11-12,16H2,1-2H3. The topological polar surface area (TPSA) is 98.8 Å². The summed E-state index contributed by atoms with van der Waals surface area (Å²) in [6.07, 6.45) is 1.51. The third-order valence-electron chi connectivity index (χ3n) is 5.87. The molecule has 1 heterocycles. The van der Waals surface area contributed by atoms with Crippen molar-refractivity contribution in [2.75, 3.05) is 13.7 Å². The number of carbonyl (C=O) groups excluding carboxylic acids is 2. The molecule has 3 aromatic rings. The monoisotopic (exact) mass is 513 g/mol. The van der Waals surface area contributed by atoms with E-state index in [1.165, 1.54) is 14.0 Å². The summed E-state index contributed by atoms with van der Waals surface area (Å²) in [5.74, 6) is -0.472. The van der Waals surface area contributed by atoms with Crippen molar-refractivity contribution in [3.05, 3.63) is 71.8 Å². The summed E-state index contributed by atoms with van der Waals surface area (Å²) < 4.78 is 38.6. The van der Waals surface area contributed by atoms with Gasteiger partial charge in [-0.2, -0.15) is 0 Å². The van der Waals surface area contributed by atoms with Gasteiger partial charge in [-0.25, -0.2) is 13.2 Å². The lowest BCUT2D eigenvalue weighted by Gasteiger charge is -2.25. The van der Waals surface area contributed by atoms with E-state index in [-0.39, 0.29) is 22.7 Å². The summed E-state index contributed by atoms with van der Waals surface area (Å²) >= 11 is 1.02. The van der Waals surface area contributed by atoms with Gasteiger partial charge in [0.25, 0.3) is 0 Å². The van der Waals surface area contributed by atoms with Crippen LogP contribution in [0, 0.1) is 0 Å². The average Bonchev–Trinajstić information content (AvgIpc) is 3.37. The SMILES string of the molecule is COC(=O)c1cccc(COC(C2CCCN2)S(=O)(=O)c2cc(SC(C)=O)c3ccccc3c2)c1. The summed E-state index contributed by atoms with van der Waals surface area (Å²) in [5.41, 5.74) is -0.104. The molecule has 35 heavy (non-hydrogen) atoms. The zero-order valence-corrected chi connectivity index (χ0v) is 21.2. The number of benzene rings is 3. The van der Waals surface area contributed by atoms with E-state index >= 15 is 0 Å². The highest BCUT2D eigenvalue weighted by molar-refractivity contribution is 8.13. The molecular formula is C26H27NO6S2. The molecule has 1 aliphatic rings. The number of methoxy groups -OCH3 is 1. The van der Waals surface area contributed by atoms with Gasteiger partial charge in [-0.15, -0.1) is 0 Å². The molecule has 1 fully saturated rings. The quantitative estimate of drug-likeness (QED) is 0.351. The lowest BCUT2D eigenvalue weighted by atomic mass is 10.1. The number of ether oxygens (including phenoxy) is 2. The van der Waals surface area contributed by atoms with Gasteiger partial charge in [0.1, 0.15) is 0 Å². The molecule has 2 atom stereocenters. The maximum absolute atomic E-state index is 13.9. The molecule has 4 rings (SSSR count). The first kappa shape index (κ1) is 25.4. The minimum absolute atomic E-state index is 0.00947. The molecule has 0 spiro atoms. The molecule has 9 heteroatoms. The van der Waals surface area contributed by atoms with Crippen LogP contribution >= 0.6 is 11.8 Å². The molecule has 184 valence electrons. The van der Waals surface area contributed by atoms with Crippen molar-refractivity contribution in [1.82, 2.24) is 5.32 Å². The van der Waals surface area contributed by atoms with Gasteiger partial charge in [0.05, 0.1) is 24.2 Å². The van der Waals surface area contributed by atoms with E-state index < -0.39 is 21.2 Å². The first-order valence-electron chi connectivity index (χ1n) is 11.3. The average molecular weight is 514 g/mol. The Hall–Kier alpha value is -2.72. The fourth-order valence-electron chi connectivity index (χ4n) is 4.24. The summed E-state index contributed by atoms with van der Waals surface area (Å²) in [7, 11) is -2.63. The van der Waals surface area contributed by atoms with Crippen molar-refractivity contribution in [2.45, 2.75) is 47.6 Å². The Morgan fingerprint density at radius 2 is 1.91 bits per heavy atom. The van der Waals surface area contributed by atoms with Crippen LogP contribution in [0.1, 0.15) is 35.7 Å². The van der Waals surface area contributed by atoms with Crippen LogP contribution in [0.2, 0.25) is 0 Å². The zero-order chi connectivity index (χ0) is 25.0. The van der Waals surface area contributed by atoms with Gasteiger partial charge in [-0.05, 0) is 60.0 Å². The molecule has 3 aromatic carbocycles. The van der Waals surface area contributed by atoms with Crippen LogP contribution in [0.25, 0.3) is 10.8 Å². The molecule has 1 saturated heterocycles. The highest BCUT2D eigenvalue weighted by Crippen LogP contribution is 2.34. The van der Waals surface area contributed by atoms with Crippen molar-refractivity contribution in [2.24, 2.45) is 0 Å². The third kappa shape index (κ3) is 5.75. The van der Waals surface area contributed by atoms with Crippen molar-refractivity contribution in [3.63, 3.8) is 0 Å². The Morgan fingerprint density at radius 3 is 2.63 bits per heavy atom. The number of hydrogen-bond donors (Lipinski definition) is 1. The van der Waals surface area contributed by atoms with Crippen LogP contribution in [-0.2, 0) is 30.7 Å². The second-order valence-electron chi connectivity index (χ2n) is 8.36. The zero-order valence-electron chi connectivity index (χ0n) is 19.5. The van der Waals surface area contributed by atoms with Crippen LogP contribution in [0.5, 0.6) is 0 Å².